The number of nitrogens with zero attached hydrogens (tertiary/aromatic N) is 2. The third-order valence-corrected chi connectivity index (χ3v) is 2.59. The molecule has 0 aliphatic heterocycles. The summed E-state index contributed by atoms with van der Waals surface area (Å²) in [7, 11) is -2.09. The van der Waals surface area contributed by atoms with Gasteiger partial charge in [-0.25, -0.2) is 13.6 Å². The molecule has 0 fully saturated rings. The SMILES string of the molecule is Cn1nc(I)cc1S(N)(=O)=O. The highest BCUT2D eigenvalue weighted by atomic mass is 127. The number of halogens is 1. The minimum absolute atomic E-state index is 0.0295. The van der Waals surface area contributed by atoms with E-state index in [9.17, 15) is 8.42 Å². The van der Waals surface area contributed by atoms with Crippen LogP contribution in [0.5, 0.6) is 0 Å². The van der Waals surface area contributed by atoms with Crippen molar-refractivity contribution in [2.75, 3.05) is 0 Å². The molecule has 2 N–H and O–H groups in total. The van der Waals surface area contributed by atoms with Gasteiger partial charge in [0.1, 0.15) is 3.70 Å². The summed E-state index contributed by atoms with van der Waals surface area (Å²) in [6, 6.07) is 1.41. The van der Waals surface area contributed by atoms with Gasteiger partial charge in [-0.2, -0.15) is 5.10 Å². The van der Waals surface area contributed by atoms with E-state index in [1.54, 1.807) is 0 Å². The van der Waals surface area contributed by atoms with Crippen LogP contribution in [0.1, 0.15) is 0 Å². The van der Waals surface area contributed by atoms with E-state index in [0.29, 0.717) is 3.70 Å². The number of hydrogen-bond donors (Lipinski definition) is 1. The molecule has 7 heteroatoms. The number of rotatable bonds is 1. The van der Waals surface area contributed by atoms with Crippen molar-refractivity contribution in [2.45, 2.75) is 5.03 Å². The Hall–Kier alpha value is -0.150. The van der Waals surface area contributed by atoms with Crippen LogP contribution >= 0.6 is 22.6 Å². The van der Waals surface area contributed by atoms with Gasteiger partial charge in [0.25, 0.3) is 10.0 Å². The molecule has 1 rings (SSSR count). The van der Waals surface area contributed by atoms with Crippen LogP contribution in [0.15, 0.2) is 11.1 Å². The zero-order valence-electron chi connectivity index (χ0n) is 5.65. The lowest BCUT2D eigenvalue weighted by Crippen LogP contribution is -2.16. The fraction of sp³-hybridized carbons (Fsp3) is 0.250. The van der Waals surface area contributed by atoms with E-state index in [-0.39, 0.29) is 5.03 Å². The van der Waals surface area contributed by atoms with Crippen molar-refractivity contribution in [1.82, 2.24) is 9.78 Å². The van der Waals surface area contributed by atoms with Crippen LogP contribution in [-0.4, -0.2) is 18.2 Å². The second-order valence-electron chi connectivity index (χ2n) is 1.97. The molecule has 5 nitrogen and oxygen atoms in total. The van der Waals surface area contributed by atoms with Gasteiger partial charge in [-0.3, -0.25) is 4.68 Å². The van der Waals surface area contributed by atoms with Crippen molar-refractivity contribution in [1.29, 1.82) is 0 Å². The Kier molecular flexibility index (Phi) is 2.21. The second-order valence-corrected chi connectivity index (χ2v) is 4.59. The number of nitrogens with two attached hydrogens (primary N) is 1. The maximum absolute atomic E-state index is 10.8. The molecule has 62 valence electrons. The molecular formula is C4H6IN3O2S. The molecule has 0 unspecified atom stereocenters. The Morgan fingerprint density at radius 1 is 1.73 bits per heavy atom. The van der Waals surface area contributed by atoms with E-state index in [2.05, 4.69) is 5.10 Å². The molecular weight excluding hydrogens is 281 g/mol. The maximum Gasteiger partial charge on any atom is 0.255 e. The minimum Gasteiger partial charge on any atom is -0.255 e. The number of sulfonamides is 1. The molecule has 0 aliphatic rings. The molecule has 1 aromatic rings. The van der Waals surface area contributed by atoms with Gasteiger partial charge >= 0.3 is 0 Å². The summed E-state index contributed by atoms with van der Waals surface area (Å²) in [6.07, 6.45) is 0. The molecule has 0 bridgehead atoms. The predicted molar refractivity (Wildman–Crippen MR) is 47.3 cm³/mol. The summed E-state index contributed by atoms with van der Waals surface area (Å²) in [5.41, 5.74) is 0. The Balaban J connectivity index is 3.36. The minimum atomic E-state index is -3.62. The van der Waals surface area contributed by atoms with E-state index in [1.807, 2.05) is 22.6 Å². The lowest BCUT2D eigenvalue weighted by Gasteiger charge is -1.95. The lowest BCUT2D eigenvalue weighted by molar-refractivity contribution is 0.578. The summed E-state index contributed by atoms with van der Waals surface area (Å²) in [5.74, 6) is 0. The summed E-state index contributed by atoms with van der Waals surface area (Å²) in [5, 5.41) is 8.73. The van der Waals surface area contributed by atoms with Crippen LogP contribution in [0.25, 0.3) is 0 Å². The molecule has 1 heterocycles. The molecule has 1 aromatic heterocycles. The topological polar surface area (TPSA) is 78.0 Å². The standard InChI is InChI=1S/C4H6IN3O2S/c1-8-4(11(6,9)10)2-3(5)7-8/h2H,1H3,(H2,6,9,10). The van der Waals surface area contributed by atoms with E-state index >= 15 is 0 Å². The normalized spacial score (nSPS) is 11.9. The molecule has 0 amide bonds. The third kappa shape index (κ3) is 1.91. The zero-order valence-corrected chi connectivity index (χ0v) is 8.63. The fourth-order valence-electron chi connectivity index (χ4n) is 0.683. The van der Waals surface area contributed by atoms with Gasteiger partial charge in [0.2, 0.25) is 0 Å². The summed E-state index contributed by atoms with van der Waals surface area (Å²) in [4.78, 5) is 0. The Bertz CT molecular complexity index is 369. The van der Waals surface area contributed by atoms with Gasteiger partial charge < -0.3 is 0 Å². The first-order valence-electron chi connectivity index (χ1n) is 2.63. The van der Waals surface area contributed by atoms with Gasteiger partial charge in [0.15, 0.2) is 5.03 Å². The smallest absolute Gasteiger partial charge is 0.255 e. The highest BCUT2D eigenvalue weighted by Crippen LogP contribution is 2.09. The summed E-state index contributed by atoms with van der Waals surface area (Å²) < 4.78 is 23.4. The monoisotopic (exact) mass is 287 g/mol. The average Bonchev–Trinajstić information content (AvgIpc) is 2.08. The molecule has 0 atom stereocenters. The average molecular weight is 287 g/mol. The maximum atomic E-state index is 10.8. The van der Waals surface area contributed by atoms with Crippen molar-refractivity contribution in [3.8, 4) is 0 Å². The van der Waals surface area contributed by atoms with Crippen molar-refractivity contribution in [3.63, 3.8) is 0 Å². The van der Waals surface area contributed by atoms with Crippen molar-refractivity contribution >= 4 is 32.6 Å². The van der Waals surface area contributed by atoms with Crippen molar-refractivity contribution in [3.05, 3.63) is 9.77 Å². The molecule has 0 aliphatic carbocycles. The van der Waals surface area contributed by atoms with Gasteiger partial charge in [0.05, 0.1) is 0 Å². The number of primary sulfonamides is 1. The predicted octanol–water partition coefficient (Wildman–Crippen LogP) is -0.328. The molecule has 0 saturated carbocycles. The quantitative estimate of drug-likeness (QED) is 0.719. The van der Waals surface area contributed by atoms with Gasteiger partial charge in [-0.05, 0) is 22.6 Å². The number of aryl methyl sites for hydroxylation is 1. The van der Waals surface area contributed by atoms with Crippen LogP contribution in [0.4, 0.5) is 0 Å². The van der Waals surface area contributed by atoms with E-state index in [4.69, 9.17) is 5.14 Å². The zero-order chi connectivity index (χ0) is 8.65. The molecule has 0 spiro atoms. The number of aromatic nitrogens is 2. The van der Waals surface area contributed by atoms with Gasteiger partial charge in [-0.15, -0.1) is 0 Å². The molecule has 11 heavy (non-hydrogen) atoms. The van der Waals surface area contributed by atoms with Crippen molar-refractivity contribution < 1.29 is 8.42 Å². The van der Waals surface area contributed by atoms with Crippen LogP contribution in [0.3, 0.4) is 0 Å². The summed E-state index contributed by atoms with van der Waals surface area (Å²) in [6.45, 7) is 0. The Labute approximate surface area is 77.8 Å². The first-order chi connectivity index (χ1) is 4.91. The molecule has 0 saturated heterocycles. The van der Waals surface area contributed by atoms with Gasteiger partial charge in [-0.1, -0.05) is 0 Å². The first kappa shape index (κ1) is 8.94. The Morgan fingerprint density at radius 3 is 2.45 bits per heavy atom. The molecule has 0 aromatic carbocycles. The highest BCUT2D eigenvalue weighted by molar-refractivity contribution is 14.1. The Morgan fingerprint density at radius 2 is 2.27 bits per heavy atom. The lowest BCUT2D eigenvalue weighted by atomic mass is 10.7. The highest BCUT2D eigenvalue weighted by Gasteiger charge is 2.13. The van der Waals surface area contributed by atoms with Crippen molar-refractivity contribution in [2.24, 2.45) is 12.2 Å². The third-order valence-electron chi connectivity index (χ3n) is 1.10. The van der Waals surface area contributed by atoms with E-state index in [1.165, 1.54) is 17.8 Å². The largest absolute Gasteiger partial charge is 0.255 e. The first-order valence-corrected chi connectivity index (χ1v) is 5.26. The van der Waals surface area contributed by atoms with Gasteiger partial charge in [0, 0.05) is 13.1 Å². The van der Waals surface area contributed by atoms with Crippen LogP contribution < -0.4 is 5.14 Å². The van der Waals surface area contributed by atoms with Crippen LogP contribution in [0, 0.1) is 3.70 Å². The van der Waals surface area contributed by atoms with Crippen LogP contribution in [0.2, 0.25) is 0 Å². The molecule has 0 radical (unpaired) electrons. The van der Waals surface area contributed by atoms with E-state index < -0.39 is 10.0 Å². The number of hydrogen-bond acceptors (Lipinski definition) is 3. The van der Waals surface area contributed by atoms with Crippen LogP contribution in [-0.2, 0) is 17.1 Å². The second kappa shape index (κ2) is 2.72. The van der Waals surface area contributed by atoms with E-state index in [0.717, 1.165) is 0 Å². The fourth-order valence-corrected chi connectivity index (χ4v) is 2.20. The summed E-state index contributed by atoms with van der Waals surface area (Å²) >= 11 is 1.91.